The number of benzene rings is 2. The number of fused-ring (bicyclic) bond motifs is 1. The number of carbonyl (C=O) groups excluding carboxylic acids is 1. The number of hydrogen-bond acceptors (Lipinski definition) is 4. The number of methoxy groups -OCH3 is 1. The third kappa shape index (κ3) is 2.40. The quantitative estimate of drug-likeness (QED) is 0.922. The predicted octanol–water partition coefficient (Wildman–Crippen LogP) is 2.12. The van der Waals surface area contributed by atoms with Gasteiger partial charge in [-0.05, 0) is 17.7 Å². The molecule has 5 heteroatoms. The summed E-state index contributed by atoms with van der Waals surface area (Å²) in [4.78, 5) is 14.1. The molecule has 1 amide bonds. The minimum atomic E-state index is -0.772. The van der Waals surface area contributed by atoms with E-state index in [1.807, 2.05) is 30.3 Å². The summed E-state index contributed by atoms with van der Waals surface area (Å²) in [5, 5.41) is 0. The summed E-state index contributed by atoms with van der Waals surface area (Å²) >= 11 is 0. The minimum absolute atomic E-state index is 0.194. The highest BCUT2D eigenvalue weighted by atomic mass is 16.5. The lowest BCUT2D eigenvalue weighted by atomic mass is 10.0. The number of ether oxygens (including phenoxy) is 2. The zero-order chi connectivity index (χ0) is 15.7. The van der Waals surface area contributed by atoms with Crippen LogP contribution in [-0.4, -0.2) is 26.1 Å². The fourth-order valence-electron chi connectivity index (χ4n) is 2.59. The first kappa shape index (κ1) is 14.4. The van der Waals surface area contributed by atoms with Crippen LogP contribution >= 0.6 is 0 Å². The largest absolute Gasteiger partial charge is 0.497 e. The number of likely N-dealkylation sites (N-methyl/N-ethyl adjacent to an activating group) is 1. The Kier molecular flexibility index (Phi) is 3.73. The Hall–Kier alpha value is -2.53. The maximum atomic E-state index is 12.6. The Morgan fingerprint density at radius 1 is 1.18 bits per heavy atom. The van der Waals surface area contributed by atoms with Gasteiger partial charge in [-0.3, -0.25) is 4.79 Å². The van der Waals surface area contributed by atoms with Crippen LogP contribution in [0.3, 0.4) is 0 Å². The first-order valence-electron chi connectivity index (χ1n) is 7.04. The van der Waals surface area contributed by atoms with Gasteiger partial charge in [0.15, 0.2) is 0 Å². The zero-order valence-electron chi connectivity index (χ0n) is 12.5. The molecule has 2 atom stereocenters. The Morgan fingerprint density at radius 3 is 2.59 bits per heavy atom. The van der Waals surface area contributed by atoms with Gasteiger partial charge < -0.3 is 20.1 Å². The van der Waals surface area contributed by atoms with Crippen molar-refractivity contribution in [3.63, 3.8) is 0 Å². The molecular weight excluding hydrogens is 280 g/mol. The second kappa shape index (κ2) is 5.69. The molecule has 22 heavy (non-hydrogen) atoms. The third-order valence-corrected chi connectivity index (χ3v) is 3.85. The van der Waals surface area contributed by atoms with Crippen LogP contribution in [0, 0.1) is 0 Å². The molecule has 0 unspecified atom stereocenters. The van der Waals surface area contributed by atoms with E-state index in [4.69, 9.17) is 15.2 Å². The lowest BCUT2D eigenvalue weighted by Crippen LogP contribution is -2.45. The summed E-state index contributed by atoms with van der Waals surface area (Å²) < 4.78 is 11.3. The Bertz CT molecular complexity index is 688. The Labute approximate surface area is 129 Å². The molecule has 1 heterocycles. The van der Waals surface area contributed by atoms with Gasteiger partial charge in [-0.1, -0.05) is 30.3 Å². The van der Waals surface area contributed by atoms with E-state index in [2.05, 4.69) is 0 Å². The molecule has 2 aromatic rings. The number of rotatable bonds is 2. The van der Waals surface area contributed by atoms with Crippen LogP contribution < -0.4 is 20.1 Å². The van der Waals surface area contributed by atoms with Crippen molar-refractivity contribution in [1.82, 2.24) is 0 Å². The van der Waals surface area contributed by atoms with Crippen LogP contribution in [0.4, 0.5) is 5.69 Å². The number of nitrogens with zero attached hydrogens (tertiary/aromatic N) is 1. The van der Waals surface area contributed by atoms with Crippen molar-refractivity contribution < 1.29 is 14.3 Å². The molecule has 5 nitrogen and oxygen atoms in total. The Morgan fingerprint density at radius 2 is 1.91 bits per heavy atom. The van der Waals surface area contributed by atoms with Crippen molar-refractivity contribution >= 4 is 11.6 Å². The van der Waals surface area contributed by atoms with E-state index in [1.54, 1.807) is 32.4 Å². The van der Waals surface area contributed by atoms with Crippen molar-refractivity contribution in [2.24, 2.45) is 5.73 Å². The standard InChI is InChI=1S/C17H18N2O3/c1-19-13-10-12(21-2)8-9-14(13)22-16(15(18)17(19)20)11-6-4-3-5-7-11/h3-10,15-16H,18H2,1-2H3/t15-,16+/m0/s1. The predicted molar refractivity (Wildman–Crippen MR) is 84.2 cm³/mol. The van der Waals surface area contributed by atoms with Crippen molar-refractivity contribution in [1.29, 1.82) is 0 Å². The highest BCUT2D eigenvalue weighted by Gasteiger charge is 2.35. The van der Waals surface area contributed by atoms with Crippen LogP contribution in [0.5, 0.6) is 11.5 Å². The molecule has 0 radical (unpaired) electrons. The SMILES string of the molecule is COc1ccc2c(c1)N(C)C(=O)[C@@H](N)[C@@H](c1ccccc1)O2. The molecule has 3 rings (SSSR count). The zero-order valence-corrected chi connectivity index (χ0v) is 12.5. The lowest BCUT2D eigenvalue weighted by molar-refractivity contribution is -0.121. The van der Waals surface area contributed by atoms with Gasteiger partial charge in [0.05, 0.1) is 12.8 Å². The first-order chi connectivity index (χ1) is 10.6. The van der Waals surface area contributed by atoms with Gasteiger partial charge in [-0.25, -0.2) is 0 Å². The number of amides is 1. The number of carbonyl (C=O) groups is 1. The first-order valence-corrected chi connectivity index (χ1v) is 7.04. The van der Waals surface area contributed by atoms with E-state index < -0.39 is 12.1 Å². The molecule has 1 aliphatic heterocycles. The second-order valence-electron chi connectivity index (χ2n) is 5.21. The molecular formula is C17H18N2O3. The van der Waals surface area contributed by atoms with E-state index in [9.17, 15) is 4.79 Å². The maximum Gasteiger partial charge on any atom is 0.247 e. The molecule has 0 aromatic heterocycles. The van der Waals surface area contributed by atoms with E-state index in [0.717, 1.165) is 5.56 Å². The molecule has 114 valence electrons. The van der Waals surface area contributed by atoms with Gasteiger partial charge in [0.2, 0.25) is 5.91 Å². The molecule has 0 bridgehead atoms. The Balaban J connectivity index is 2.07. The summed E-state index contributed by atoms with van der Waals surface area (Å²) in [5.74, 6) is 1.08. The van der Waals surface area contributed by atoms with Gasteiger partial charge >= 0.3 is 0 Å². The number of anilines is 1. The second-order valence-corrected chi connectivity index (χ2v) is 5.21. The highest BCUT2D eigenvalue weighted by Crippen LogP contribution is 2.38. The molecule has 0 spiro atoms. The van der Waals surface area contributed by atoms with Gasteiger partial charge in [-0.15, -0.1) is 0 Å². The van der Waals surface area contributed by atoms with E-state index in [0.29, 0.717) is 17.2 Å². The number of hydrogen-bond donors (Lipinski definition) is 1. The van der Waals surface area contributed by atoms with E-state index in [-0.39, 0.29) is 5.91 Å². The van der Waals surface area contributed by atoms with E-state index >= 15 is 0 Å². The molecule has 1 aliphatic rings. The minimum Gasteiger partial charge on any atom is -0.497 e. The van der Waals surface area contributed by atoms with Crippen LogP contribution in [0.25, 0.3) is 0 Å². The van der Waals surface area contributed by atoms with Crippen molar-refractivity contribution in [2.45, 2.75) is 12.1 Å². The summed E-state index contributed by atoms with van der Waals surface area (Å²) in [6.07, 6.45) is -0.522. The molecule has 0 fully saturated rings. The highest BCUT2D eigenvalue weighted by molar-refractivity contribution is 5.99. The summed E-state index contributed by atoms with van der Waals surface area (Å²) in [5.41, 5.74) is 7.67. The van der Waals surface area contributed by atoms with E-state index in [1.165, 1.54) is 4.90 Å². The molecule has 0 saturated heterocycles. The third-order valence-electron chi connectivity index (χ3n) is 3.85. The van der Waals surface area contributed by atoms with Gasteiger partial charge in [0.1, 0.15) is 23.6 Å². The van der Waals surface area contributed by atoms with Crippen molar-refractivity contribution in [2.75, 3.05) is 19.1 Å². The average molecular weight is 298 g/mol. The number of nitrogens with two attached hydrogens (primary N) is 1. The summed E-state index contributed by atoms with van der Waals surface area (Å²) in [6, 6.07) is 14.1. The molecule has 0 saturated carbocycles. The fraction of sp³-hybridized carbons (Fsp3) is 0.235. The monoisotopic (exact) mass is 298 g/mol. The summed E-state index contributed by atoms with van der Waals surface area (Å²) in [7, 11) is 3.27. The molecule has 2 aromatic carbocycles. The van der Waals surface area contributed by atoms with Crippen LogP contribution in [0.2, 0.25) is 0 Å². The van der Waals surface area contributed by atoms with Crippen LogP contribution in [0.15, 0.2) is 48.5 Å². The normalized spacial score (nSPS) is 20.9. The van der Waals surface area contributed by atoms with Crippen molar-refractivity contribution in [3.05, 3.63) is 54.1 Å². The van der Waals surface area contributed by atoms with Crippen molar-refractivity contribution in [3.8, 4) is 11.5 Å². The molecule has 2 N–H and O–H groups in total. The fourth-order valence-corrected chi connectivity index (χ4v) is 2.59. The lowest BCUT2D eigenvalue weighted by Gasteiger charge is -2.22. The van der Waals surface area contributed by atoms with Crippen LogP contribution in [0.1, 0.15) is 11.7 Å². The maximum absolute atomic E-state index is 12.6. The van der Waals surface area contributed by atoms with Gasteiger partial charge in [0.25, 0.3) is 0 Å². The molecule has 0 aliphatic carbocycles. The summed E-state index contributed by atoms with van der Waals surface area (Å²) in [6.45, 7) is 0. The van der Waals surface area contributed by atoms with Gasteiger partial charge in [0, 0.05) is 13.1 Å². The van der Waals surface area contributed by atoms with Crippen LogP contribution in [-0.2, 0) is 4.79 Å². The average Bonchev–Trinajstić information content (AvgIpc) is 2.66. The smallest absolute Gasteiger partial charge is 0.247 e. The van der Waals surface area contributed by atoms with Gasteiger partial charge in [-0.2, -0.15) is 0 Å². The topological polar surface area (TPSA) is 64.8 Å².